The fourth-order valence-electron chi connectivity index (χ4n) is 2.54. The number of aromatic amines is 1. The topological polar surface area (TPSA) is 114 Å². The van der Waals surface area contributed by atoms with Crippen molar-refractivity contribution in [2.45, 2.75) is 43.8 Å². The summed E-state index contributed by atoms with van der Waals surface area (Å²) >= 11 is 0. The van der Waals surface area contributed by atoms with Gasteiger partial charge in [-0.05, 0) is 19.3 Å². The molecule has 8 heteroatoms. The van der Waals surface area contributed by atoms with Crippen molar-refractivity contribution in [2.75, 3.05) is 13.2 Å². The number of allylic oxidation sites excluding steroid dienone is 1. The lowest BCUT2D eigenvalue weighted by molar-refractivity contribution is -0.0625. The number of aromatic nitrogens is 2. The van der Waals surface area contributed by atoms with Crippen LogP contribution in [-0.2, 0) is 9.47 Å². The third-order valence-corrected chi connectivity index (χ3v) is 3.73. The smallest absolute Gasteiger partial charge is 0.330 e. The van der Waals surface area contributed by atoms with E-state index in [0.29, 0.717) is 6.61 Å². The highest BCUT2D eigenvalue weighted by Crippen LogP contribution is 2.30. The molecule has 2 heterocycles. The lowest BCUT2D eigenvalue weighted by atomic mass is 10.1. The average molecular weight is 326 g/mol. The molecule has 0 bridgehead atoms. The second-order valence-corrected chi connectivity index (χ2v) is 5.38. The molecule has 0 aromatic carbocycles. The van der Waals surface area contributed by atoms with Gasteiger partial charge in [0.05, 0.1) is 6.61 Å². The van der Waals surface area contributed by atoms with Gasteiger partial charge in [0.25, 0.3) is 5.56 Å². The number of aliphatic hydroxyl groups excluding tert-OH is 2. The molecule has 128 valence electrons. The van der Waals surface area contributed by atoms with E-state index in [4.69, 9.17) is 9.47 Å². The van der Waals surface area contributed by atoms with E-state index < -0.39 is 35.8 Å². The molecule has 0 saturated carbocycles. The van der Waals surface area contributed by atoms with Crippen molar-refractivity contribution >= 4 is 0 Å². The molecule has 23 heavy (non-hydrogen) atoms. The van der Waals surface area contributed by atoms with Crippen LogP contribution in [0.25, 0.3) is 0 Å². The van der Waals surface area contributed by atoms with E-state index in [1.54, 1.807) is 0 Å². The number of hydrogen-bond acceptors (Lipinski definition) is 6. The largest absolute Gasteiger partial charge is 0.394 e. The molecule has 1 aromatic rings. The zero-order valence-electron chi connectivity index (χ0n) is 12.8. The molecular weight excluding hydrogens is 304 g/mol. The maximum absolute atomic E-state index is 11.8. The predicted octanol–water partition coefficient (Wildman–Crippen LogP) is -0.471. The van der Waals surface area contributed by atoms with Crippen molar-refractivity contribution in [1.82, 2.24) is 9.55 Å². The third kappa shape index (κ3) is 4.17. The SMILES string of the molecule is C=CCCCCO[C@H]1[C@@H](O)[C@H](n2ccc(=O)[nH]c2=O)O[C@@H]1CO. The lowest BCUT2D eigenvalue weighted by Crippen LogP contribution is -2.39. The summed E-state index contributed by atoms with van der Waals surface area (Å²) in [6.45, 7) is 3.70. The minimum atomic E-state index is -1.13. The zero-order chi connectivity index (χ0) is 16.8. The van der Waals surface area contributed by atoms with E-state index in [1.165, 1.54) is 6.20 Å². The fourth-order valence-corrected chi connectivity index (χ4v) is 2.54. The summed E-state index contributed by atoms with van der Waals surface area (Å²) < 4.78 is 12.2. The summed E-state index contributed by atoms with van der Waals surface area (Å²) in [5, 5.41) is 19.8. The van der Waals surface area contributed by atoms with Crippen molar-refractivity contribution in [1.29, 1.82) is 0 Å². The molecule has 1 saturated heterocycles. The molecule has 1 aliphatic rings. The van der Waals surface area contributed by atoms with E-state index in [0.717, 1.165) is 29.9 Å². The Morgan fingerprint density at radius 2 is 2.22 bits per heavy atom. The number of rotatable bonds is 8. The minimum Gasteiger partial charge on any atom is -0.394 e. The predicted molar refractivity (Wildman–Crippen MR) is 82.1 cm³/mol. The number of ether oxygens (including phenoxy) is 2. The summed E-state index contributed by atoms with van der Waals surface area (Å²) in [6.07, 6.45) is 2.02. The number of H-pyrrole nitrogens is 1. The Balaban J connectivity index is 2.05. The molecule has 0 spiro atoms. The van der Waals surface area contributed by atoms with Gasteiger partial charge in [0.2, 0.25) is 0 Å². The zero-order valence-corrected chi connectivity index (χ0v) is 12.8. The lowest BCUT2D eigenvalue weighted by Gasteiger charge is -2.20. The molecule has 0 amide bonds. The van der Waals surface area contributed by atoms with Crippen LogP contribution in [0.4, 0.5) is 0 Å². The Morgan fingerprint density at radius 1 is 1.43 bits per heavy atom. The molecule has 3 N–H and O–H groups in total. The van der Waals surface area contributed by atoms with Gasteiger partial charge in [0, 0.05) is 18.9 Å². The second kappa shape index (κ2) is 8.21. The van der Waals surface area contributed by atoms with Crippen LogP contribution in [0, 0.1) is 0 Å². The molecule has 1 aromatic heterocycles. The van der Waals surface area contributed by atoms with Gasteiger partial charge in [0.1, 0.15) is 18.3 Å². The highest BCUT2D eigenvalue weighted by atomic mass is 16.6. The quantitative estimate of drug-likeness (QED) is 0.439. The number of nitrogens with one attached hydrogen (secondary N) is 1. The van der Waals surface area contributed by atoms with Gasteiger partial charge in [0.15, 0.2) is 6.23 Å². The summed E-state index contributed by atoms with van der Waals surface area (Å²) in [6, 6.07) is 1.16. The van der Waals surface area contributed by atoms with Gasteiger partial charge < -0.3 is 19.7 Å². The minimum absolute atomic E-state index is 0.344. The highest BCUT2D eigenvalue weighted by molar-refractivity contribution is 4.93. The van der Waals surface area contributed by atoms with E-state index >= 15 is 0 Å². The van der Waals surface area contributed by atoms with Gasteiger partial charge in [-0.25, -0.2) is 4.79 Å². The molecule has 1 fully saturated rings. The summed E-state index contributed by atoms with van der Waals surface area (Å²) in [4.78, 5) is 25.0. The summed E-state index contributed by atoms with van der Waals surface area (Å²) in [5.74, 6) is 0. The standard InChI is InChI=1S/C15H22N2O6/c1-2-3-4-5-8-22-13-10(9-18)23-14(12(13)20)17-7-6-11(19)16-15(17)21/h2,6-7,10,12-14,18,20H,1,3-5,8-9H2,(H,16,19,21)/t10-,12-,13-,14-/m1/s1. The molecular formula is C15H22N2O6. The first-order valence-electron chi connectivity index (χ1n) is 7.57. The monoisotopic (exact) mass is 326 g/mol. The molecule has 0 radical (unpaired) electrons. The van der Waals surface area contributed by atoms with Crippen LogP contribution in [-0.4, -0.2) is 51.3 Å². The molecule has 0 aliphatic carbocycles. The van der Waals surface area contributed by atoms with E-state index in [2.05, 4.69) is 11.6 Å². The molecule has 1 aliphatic heterocycles. The van der Waals surface area contributed by atoms with Crippen molar-refractivity contribution in [3.8, 4) is 0 Å². The maximum Gasteiger partial charge on any atom is 0.330 e. The Bertz CT molecular complexity index is 625. The number of hydrogen-bond donors (Lipinski definition) is 3. The Labute approximate surface area is 133 Å². The van der Waals surface area contributed by atoms with Crippen LogP contribution in [0.1, 0.15) is 25.5 Å². The number of aliphatic hydroxyl groups is 2. The van der Waals surface area contributed by atoms with Crippen LogP contribution >= 0.6 is 0 Å². The first kappa shape index (κ1) is 17.6. The second-order valence-electron chi connectivity index (χ2n) is 5.38. The van der Waals surface area contributed by atoms with Gasteiger partial charge in [-0.1, -0.05) is 6.08 Å². The van der Waals surface area contributed by atoms with Crippen LogP contribution < -0.4 is 11.2 Å². The van der Waals surface area contributed by atoms with Gasteiger partial charge >= 0.3 is 5.69 Å². The molecule has 2 rings (SSSR count). The van der Waals surface area contributed by atoms with Crippen molar-refractivity contribution < 1.29 is 19.7 Å². The number of unbranched alkanes of at least 4 members (excludes halogenated alkanes) is 2. The number of nitrogens with zero attached hydrogens (tertiary/aromatic N) is 1. The van der Waals surface area contributed by atoms with E-state index in [9.17, 15) is 19.8 Å². The molecule has 0 unspecified atom stereocenters. The van der Waals surface area contributed by atoms with Gasteiger partial charge in [-0.2, -0.15) is 0 Å². The summed E-state index contributed by atoms with van der Waals surface area (Å²) in [5.41, 5.74) is -1.22. The Kier molecular flexibility index (Phi) is 6.28. The van der Waals surface area contributed by atoms with Crippen molar-refractivity contribution in [3.05, 3.63) is 45.8 Å². The van der Waals surface area contributed by atoms with Crippen LogP contribution in [0.2, 0.25) is 0 Å². The first-order chi connectivity index (χ1) is 11.1. The summed E-state index contributed by atoms with van der Waals surface area (Å²) in [7, 11) is 0. The van der Waals surface area contributed by atoms with Crippen LogP contribution in [0.5, 0.6) is 0 Å². The molecule has 8 nitrogen and oxygen atoms in total. The Hall–Kier alpha value is -1.74. The third-order valence-electron chi connectivity index (χ3n) is 3.73. The maximum atomic E-state index is 11.8. The fraction of sp³-hybridized carbons (Fsp3) is 0.600. The van der Waals surface area contributed by atoms with Crippen LogP contribution in [0.15, 0.2) is 34.5 Å². The highest BCUT2D eigenvalue weighted by Gasteiger charge is 2.45. The normalized spacial score (nSPS) is 27.2. The molecule has 4 atom stereocenters. The van der Waals surface area contributed by atoms with Crippen LogP contribution in [0.3, 0.4) is 0 Å². The average Bonchev–Trinajstić information content (AvgIpc) is 2.84. The van der Waals surface area contributed by atoms with E-state index in [1.807, 2.05) is 6.08 Å². The first-order valence-corrected chi connectivity index (χ1v) is 7.57. The van der Waals surface area contributed by atoms with Crippen molar-refractivity contribution in [2.24, 2.45) is 0 Å². The van der Waals surface area contributed by atoms with Gasteiger partial charge in [-0.3, -0.25) is 14.3 Å². The van der Waals surface area contributed by atoms with E-state index in [-0.39, 0.29) is 6.61 Å². The Morgan fingerprint density at radius 3 is 2.87 bits per heavy atom. The van der Waals surface area contributed by atoms with Gasteiger partial charge in [-0.15, -0.1) is 6.58 Å². The van der Waals surface area contributed by atoms with Crippen molar-refractivity contribution in [3.63, 3.8) is 0 Å².